The Hall–Kier alpha value is -0.580. The predicted molar refractivity (Wildman–Crippen MR) is 73.4 cm³/mol. The van der Waals surface area contributed by atoms with Gasteiger partial charge < -0.3 is 11.1 Å². The minimum atomic E-state index is -0.616. The van der Waals surface area contributed by atoms with Gasteiger partial charge in [-0.2, -0.15) is 0 Å². The molecule has 1 heterocycles. The average Bonchev–Trinajstić information content (AvgIpc) is 2.79. The second-order valence-corrected chi connectivity index (χ2v) is 5.51. The fraction of sp³-hybridized carbons (Fsp3) is 0.583. The van der Waals surface area contributed by atoms with E-state index in [0.29, 0.717) is 6.54 Å². The van der Waals surface area contributed by atoms with Gasteiger partial charge in [-0.3, -0.25) is 4.79 Å². The third-order valence-electron chi connectivity index (χ3n) is 3.20. The lowest BCUT2D eigenvalue weighted by atomic mass is 9.82. The molecule has 0 spiro atoms. The topological polar surface area (TPSA) is 55.1 Å². The van der Waals surface area contributed by atoms with E-state index in [4.69, 9.17) is 5.73 Å². The third kappa shape index (κ3) is 3.69. The first kappa shape index (κ1) is 14.5. The number of carbonyl (C=O) groups excluding carboxylic acids is 1. The molecule has 1 aliphatic rings. The SMILES string of the molecule is Cl.NC1(C(=O)NCc2cccs2)CCCCC1. The Labute approximate surface area is 112 Å². The first-order valence-electron chi connectivity index (χ1n) is 5.80. The van der Waals surface area contributed by atoms with Crippen LogP contribution in [-0.4, -0.2) is 11.4 Å². The highest BCUT2D eigenvalue weighted by atomic mass is 35.5. The van der Waals surface area contributed by atoms with Crippen molar-refractivity contribution in [3.8, 4) is 0 Å². The van der Waals surface area contributed by atoms with Gasteiger partial charge in [0.25, 0.3) is 0 Å². The summed E-state index contributed by atoms with van der Waals surface area (Å²) in [5.41, 5.74) is 5.52. The van der Waals surface area contributed by atoms with Gasteiger partial charge >= 0.3 is 0 Å². The smallest absolute Gasteiger partial charge is 0.240 e. The van der Waals surface area contributed by atoms with E-state index in [0.717, 1.165) is 25.7 Å². The van der Waals surface area contributed by atoms with E-state index in [1.54, 1.807) is 11.3 Å². The largest absolute Gasteiger partial charge is 0.350 e. The Bertz CT molecular complexity index is 347. The molecule has 96 valence electrons. The number of amides is 1. The molecule has 0 aromatic carbocycles. The third-order valence-corrected chi connectivity index (χ3v) is 4.08. The predicted octanol–water partition coefficient (Wildman–Crippen LogP) is 2.45. The van der Waals surface area contributed by atoms with Crippen molar-refractivity contribution in [3.63, 3.8) is 0 Å². The number of thiophene rings is 1. The number of carbonyl (C=O) groups is 1. The molecule has 3 nitrogen and oxygen atoms in total. The molecule has 1 aromatic heterocycles. The number of nitrogens with two attached hydrogens (primary N) is 1. The fourth-order valence-electron chi connectivity index (χ4n) is 2.17. The van der Waals surface area contributed by atoms with Gasteiger partial charge in [-0.1, -0.05) is 25.3 Å². The first-order valence-corrected chi connectivity index (χ1v) is 6.68. The average molecular weight is 275 g/mol. The monoisotopic (exact) mass is 274 g/mol. The van der Waals surface area contributed by atoms with E-state index in [1.165, 1.54) is 11.3 Å². The van der Waals surface area contributed by atoms with E-state index in [1.807, 2.05) is 17.5 Å². The molecule has 0 radical (unpaired) electrons. The van der Waals surface area contributed by atoms with E-state index in [9.17, 15) is 4.79 Å². The van der Waals surface area contributed by atoms with Crippen LogP contribution in [0.5, 0.6) is 0 Å². The highest BCUT2D eigenvalue weighted by Gasteiger charge is 2.34. The van der Waals surface area contributed by atoms with Crippen molar-refractivity contribution in [3.05, 3.63) is 22.4 Å². The molecule has 0 atom stereocenters. The van der Waals surface area contributed by atoms with Crippen molar-refractivity contribution in [2.45, 2.75) is 44.2 Å². The lowest BCUT2D eigenvalue weighted by molar-refractivity contribution is -0.127. The van der Waals surface area contributed by atoms with E-state index in [2.05, 4.69) is 5.32 Å². The number of hydrogen-bond acceptors (Lipinski definition) is 3. The van der Waals surface area contributed by atoms with Crippen molar-refractivity contribution < 1.29 is 4.79 Å². The normalized spacial score (nSPS) is 18.2. The summed E-state index contributed by atoms with van der Waals surface area (Å²) in [6, 6.07) is 4.01. The zero-order chi connectivity index (χ0) is 11.4. The highest BCUT2D eigenvalue weighted by molar-refractivity contribution is 7.09. The molecule has 2 rings (SSSR count). The molecular weight excluding hydrogens is 256 g/mol. The standard InChI is InChI=1S/C12H18N2OS.ClH/c13-12(6-2-1-3-7-12)11(15)14-9-10-5-4-8-16-10;/h4-5,8H,1-3,6-7,9,13H2,(H,14,15);1H. The zero-order valence-electron chi connectivity index (χ0n) is 9.78. The Morgan fingerprint density at radius 3 is 2.71 bits per heavy atom. The summed E-state index contributed by atoms with van der Waals surface area (Å²) >= 11 is 1.65. The van der Waals surface area contributed by atoms with Crippen LogP contribution in [0.2, 0.25) is 0 Å². The first-order chi connectivity index (χ1) is 7.71. The molecule has 1 aromatic rings. The van der Waals surface area contributed by atoms with Gasteiger partial charge in [-0.25, -0.2) is 0 Å². The van der Waals surface area contributed by atoms with Crippen LogP contribution in [0.1, 0.15) is 37.0 Å². The van der Waals surface area contributed by atoms with E-state index < -0.39 is 5.54 Å². The summed E-state index contributed by atoms with van der Waals surface area (Å²) in [7, 11) is 0. The minimum absolute atomic E-state index is 0. The van der Waals surface area contributed by atoms with Crippen molar-refractivity contribution in [1.29, 1.82) is 0 Å². The molecule has 1 saturated carbocycles. The van der Waals surface area contributed by atoms with Gasteiger partial charge in [-0.05, 0) is 24.3 Å². The van der Waals surface area contributed by atoms with Crippen molar-refractivity contribution >= 4 is 29.7 Å². The summed E-state index contributed by atoms with van der Waals surface area (Å²) in [6.45, 7) is 0.607. The molecule has 0 bridgehead atoms. The molecule has 3 N–H and O–H groups in total. The molecule has 1 fully saturated rings. The number of nitrogens with one attached hydrogen (secondary N) is 1. The van der Waals surface area contributed by atoms with Crippen molar-refractivity contribution in [1.82, 2.24) is 5.32 Å². The molecule has 17 heavy (non-hydrogen) atoms. The number of hydrogen-bond donors (Lipinski definition) is 2. The van der Waals surface area contributed by atoms with Crippen molar-refractivity contribution in [2.24, 2.45) is 5.73 Å². The minimum Gasteiger partial charge on any atom is -0.350 e. The maximum atomic E-state index is 12.0. The quantitative estimate of drug-likeness (QED) is 0.890. The molecule has 0 unspecified atom stereocenters. The summed E-state index contributed by atoms with van der Waals surface area (Å²) in [4.78, 5) is 13.2. The maximum absolute atomic E-state index is 12.0. The summed E-state index contributed by atoms with van der Waals surface area (Å²) in [5.74, 6) is 0.0144. The van der Waals surface area contributed by atoms with Gasteiger partial charge in [0.2, 0.25) is 5.91 Å². The summed E-state index contributed by atoms with van der Waals surface area (Å²) in [6.07, 6.45) is 5.00. The second kappa shape index (κ2) is 6.38. The van der Waals surface area contributed by atoms with Crippen molar-refractivity contribution in [2.75, 3.05) is 0 Å². The Balaban J connectivity index is 0.00000144. The van der Waals surface area contributed by atoms with Crippen LogP contribution in [0.15, 0.2) is 17.5 Å². The van der Waals surface area contributed by atoms with Crippen LogP contribution in [-0.2, 0) is 11.3 Å². The number of rotatable bonds is 3. The molecule has 0 saturated heterocycles. The Kier molecular flexibility index (Phi) is 5.43. The summed E-state index contributed by atoms with van der Waals surface area (Å²) < 4.78 is 0. The Morgan fingerprint density at radius 1 is 1.41 bits per heavy atom. The van der Waals surface area contributed by atoms with Crippen LogP contribution in [0.4, 0.5) is 0 Å². The molecular formula is C12H19ClN2OS. The lowest BCUT2D eigenvalue weighted by Crippen LogP contribution is -2.54. The van der Waals surface area contributed by atoms with Gasteiger partial charge in [0, 0.05) is 4.88 Å². The van der Waals surface area contributed by atoms with Gasteiger partial charge in [-0.15, -0.1) is 23.7 Å². The number of halogens is 1. The van der Waals surface area contributed by atoms with Crippen LogP contribution in [0, 0.1) is 0 Å². The lowest BCUT2D eigenvalue weighted by Gasteiger charge is -2.31. The van der Waals surface area contributed by atoms with Gasteiger partial charge in [0.1, 0.15) is 0 Å². The van der Waals surface area contributed by atoms with Crippen LogP contribution < -0.4 is 11.1 Å². The Morgan fingerprint density at radius 2 is 2.12 bits per heavy atom. The van der Waals surface area contributed by atoms with E-state index in [-0.39, 0.29) is 18.3 Å². The molecule has 5 heteroatoms. The molecule has 1 aliphatic carbocycles. The van der Waals surface area contributed by atoms with E-state index >= 15 is 0 Å². The van der Waals surface area contributed by atoms with Gasteiger partial charge in [0.15, 0.2) is 0 Å². The molecule has 1 amide bonds. The van der Waals surface area contributed by atoms with Crippen LogP contribution in [0.3, 0.4) is 0 Å². The van der Waals surface area contributed by atoms with Crippen LogP contribution in [0.25, 0.3) is 0 Å². The zero-order valence-corrected chi connectivity index (χ0v) is 11.4. The molecule has 0 aliphatic heterocycles. The fourth-order valence-corrected chi connectivity index (χ4v) is 2.81. The highest BCUT2D eigenvalue weighted by Crippen LogP contribution is 2.26. The van der Waals surface area contributed by atoms with Gasteiger partial charge in [0.05, 0.1) is 12.1 Å². The maximum Gasteiger partial charge on any atom is 0.240 e. The second-order valence-electron chi connectivity index (χ2n) is 4.48. The van der Waals surface area contributed by atoms with Crippen LogP contribution >= 0.6 is 23.7 Å². The summed E-state index contributed by atoms with van der Waals surface area (Å²) in [5, 5.41) is 4.96.